The summed E-state index contributed by atoms with van der Waals surface area (Å²) in [5, 5.41) is 13.9. The Labute approximate surface area is 108 Å². The van der Waals surface area contributed by atoms with Gasteiger partial charge in [0.2, 0.25) is 0 Å². The fraction of sp³-hybridized carbons (Fsp3) is 0.750. The van der Waals surface area contributed by atoms with Crippen molar-refractivity contribution >= 4 is 16.5 Å². The molecule has 0 aliphatic carbocycles. The predicted molar refractivity (Wildman–Crippen MR) is 73.7 cm³/mol. The lowest BCUT2D eigenvalue weighted by molar-refractivity contribution is 0.0796. The molecular weight excluding hydrogens is 234 g/mol. The van der Waals surface area contributed by atoms with Crippen LogP contribution < -0.4 is 10.2 Å². The van der Waals surface area contributed by atoms with Gasteiger partial charge in [-0.2, -0.15) is 0 Å². The van der Waals surface area contributed by atoms with Gasteiger partial charge in [-0.15, -0.1) is 11.3 Å². The van der Waals surface area contributed by atoms with E-state index in [4.69, 9.17) is 0 Å². The highest BCUT2D eigenvalue weighted by molar-refractivity contribution is 7.15. The molecule has 0 aliphatic rings. The van der Waals surface area contributed by atoms with Crippen LogP contribution in [0.3, 0.4) is 0 Å². The third kappa shape index (κ3) is 5.02. The van der Waals surface area contributed by atoms with Crippen LogP contribution in [-0.2, 0) is 6.54 Å². The minimum atomic E-state index is -0.660. The average Bonchev–Trinajstić information content (AvgIpc) is 2.67. The summed E-state index contributed by atoms with van der Waals surface area (Å²) in [5.41, 5.74) is -0.660. The van der Waals surface area contributed by atoms with Gasteiger partial charge in [-0.1, -0.05) is 0 Å². The van der Waals surface area contributed by atoms with Crippen LogP contribution in [0.25, 0.3) is 0 Å². The Bertz CT molecular complexity index is 329. The maximum atomic E-state index is 9.58. The van der Waals surface area contributed by atoms with Gasteiger partial charge in [0, 0.05) is 37.3 Å². The summed E-state index contributed by atoms with van der Waals surface area (Å²) in [6.45, 7) is 11.2. The highest BCUT2D eigenvalue weighted by atomic mass is 32.1. The van der Waals surface area contributed by atoms with Gasteiger partial charge in [0.1, 0.15) is 0 Å². The molecule has 1 rings (SSSR count). The number of nitrogens with zero attached hydrogens (tertiary/aromatic N) is 2. The van der Waals surface area contributed by atoms with Crippen LogP contribution in [0, 0.1) is 0 Å². The molecule has 0 aliphatic heterocycles. The van der Waals surface area contributed by atoms with E-state index in [9.17, 15) is 5.11 Å². The van der Waals surface area contributed by atoms with E-state index in [1.165, 1.54) is 4.88 Å². The number of aromatic nitrogens is 1. The van der Waals surface area contributed by atoms with Crippen LogP contribution in [0.2, 0.25) is 0 Å². The molecule has 0 saturated heterocycles. The molecule has 0 saturated carbocycles. The zero-order valence-corrected chi connectivity index (χ0v) is 12.0. The number of thiazole rings is 1. The molecule has 17 heavy (non-hydrogen) atoms. The van der Waals surface area contributed by atoms with Crippen molar-refractivity contribution in [2.75, 3.05) is 24.5 Å². The SMILES string of the molecule is CCN(CC)c1ncc(CNCC(C)(C)O)s1. The Morgan fingerprint density at radius 2 is 2.06 bits per heavy atom. The van der Waals surface area contributed by atoms with Crippen molar-refractivity contribution in [3.8, 4) is 0 Å². The highest BCUT2D eigenvalue weighted by Gasteiger charge is 2.12. The lowest BCUT2D eigenvalue weighted by atomic mass is 10.1. The van der Waals surface area contributed by atoms with Crippen LogP contribution in [0.15, 0.2) is 6.20 Å². The number of aliphatic hydroxyl groups is 1. The van der Waals surface area contributed by atoms with E-state index in [0.29, 0.717) is 6.54 Å². The van der Waals surface area contributed by atoms with Crippen molar-refractivity contribution in [3.05, 3.63) is 11.1 Å². The third-order valence-electron chi connectivity index (χ3n) is 2.43. The van der Waals surface area contributed by atoms with E-state index in [1.807, 2.05) is 6.20 Å². The van der Waals surface area contributed by atoms with Gasteiger partial charge in [-0.3, -0.25) is 0 Å². The first-order chi connectivity index (χ1) is 7.96. The van der Waals surface area contributed by atoms with Crippen LogP contribution in [0.1, 0.15) is 32.6 Å². The quantitative estimate of drug-likeness (QED) is 0.782. The predicted octanol–water partition coefficient (Wildman–Crippen LogP) is 1.85. The van der Waals surface area contributed by atoms with E-state index in [2.05, 4.69) is 29.0 Å². The first-order valence-corrected chi connectivity index (χ1v) is 6.90. The summed E-state index contributed by atoms with van der Waals surface area (Å²) in [4.78, 5) is 7.86. The minimum Gasteiger partial charge on any atom is -0.389 e. The fourth-order valence-corrected chi connectivity index (χ4v) is 2.52. The van der Waals surface area contributed by atoms with Gasteiger partial charge >= 0.3 is 0 Å². The number of nitrogens with one attached hydrogen (secondary N) is 1. The summed E-state index contributed by atoms with van der Waals surface area (Å²) in [6.07, 6.45) is 1.91. The monoisotopic (exact) mass is 257 g/mol. The molecule has 0 fully saturated rings. The first kappa shape index (κ1) is 14.4. The van der Waals surface area contributed by atoms with Crippen molar-refractivity contribution < 1.29 is 5.11 Å². The minimum absolute atomic E-state index is 0.589. The van der Waals surface area contributed by atoms with Crippen molar-refractivity contribution in [1.82, 2.24) is 10.3 Å². The molecular formula is C12H23N3OS. The molecule has 0 spiro atoms. The van der Waals surface area contributed by atoms with E-state index in [0.717, 1.165) is 24.8 Å². The topological polar surface area (TPSA) is 48.4 Å². The lowest BCUT2D eigenvalue weighted by Gasteiger charge is -2.17. The second-order valence-electron chi connectivity index (χ2n) is 4.70. The van der Waals surface area contributed by atoms with Crippen molar-refractivity contribution in [1.29, 1.82) is 0 Å². The molecule has 1 heterocycles. The molecule has 0 aromatic carbocycles. The van der Waals surface area contributed by atoms with Crippen LogP contribution in [0.5, 0.6) is 0 Å². The molecule has 98 valence electrons. The van der Waals surface area contributed by atoms with E-state index < -0.39 is 5.60 Å². The molecule has 0 atom stereocenters. The van der Waals surface area contributed by atoms with E-state index in [-0.39, 0.29) is 0 Å². The Hall–Kier alpha value is -0.650. The average molecular weight is 257 g/mol. The molecule has 5 heteroatoms. The van der Waals surface area contributed by atoms with Crippen molar-refractivity contribution in [2.45, 2.75) is 39.8 Å². The number of hydrogen-bond donors (Lipinski definition) is 2. The fourth-order valence-electron chi connectivity index (χ4n) is 1.51. The maximum Gasteiger partial charge on any atom is 0.185 e. The van der Waals surface area contributed by atoms with Gasteiger partial charge in [0.15, 0.2) is 5.13 Å². The smallest absolute Gasteiger partial charge is 0.185 e. The second-order valence-corrected chi connectivity index (χ2v) is 5.79. The van der Waals surface area contributed by atoms with Gasteiger partial charge < -0.3 is 15.3 Å². The summed E-state index contributed by atoms with van der Waals surface area (Å²) in [6, 6.07) is 0. The largest absolute Gasteiger partial charge is 0.389 e. The summed E-state index contributed by atoms with van der Waals surface area (Å²) >= 11 is 1.71. The number of rotatable bonds is 7. The van der Waals surface area contributed by atoms with Gasteiger partial charge in [-0.25, -0.2) is 4.98 Å². The molecule has 0 unspecified atom stereocenters. The Morgan fingerprint density at radius 1 is 1.41 bits per heavy atom. The number of anilines is 1. The molecule has 0 radical (unpaired) electrons. The zero-order chi connectivity index (χ0) is 12.9. The van der Waals surface area contributed by atoms with E-state index >= 15 is 0 Å². The van der Waals surface area contributed by atoms with Crippen LogP contribution in [0.4, 0.5) is 5.13 Å². The molecule has 0 bridgehead atoms. The highest BCUT2D eigenvalue weighted by Crippen LogP contribution is 2.21. The van der Waals surface area contributed by atoms with Gasteiger partial charge in [0.05, 0.1) is 5.60 Å². The molecule has 1 aromatic heterocycles. The lowest BCUT2D eigenvalue weighted by Crippen LogP contribution is -2.34. The maximum absolute atomic E-state index is 9.58. The van der Waals surface area contributed by atoms with Crippen molar-refractivity contribution in [3.63, 3.8) is 0 Å². The van der Waals surface area contributed by atoms with Crippen LogP contribution in [-0.4, -0.2) is 35.3 Å². The van der Waals surface area contributed by atoms with Gasteiger partial charge in [0.25, 0.3) is 0 Å². The van der Waals surface area contributed by atoms with Crippen LogP contribution >= 0.6 is 11.3 Å². The normalized spacial score (nSPS) is 11.8. The van der Waals surface area contributed by atoms with E-state index in [1.54, 1.807) is 25.2 Å². The summed E-state index contributed by atoms with van der Waals surface area (Å²) in [5.74, 6) is 0. The molecule has 0 amide bonds. The molecule has 4 nitrogen and oxygen atoms in total. The molecule has 2 N–H and O–H groups in total. The standard InChI is InChI=1S/C12H23N3OS/c1-5-15(6-2)11-14-8-10(17-11)7-13-9-12(3,4)16/h8,13,16H,5-7,9H2,1-4H3. The Morgan fingerprint density at radius 3 is 2.59 bits per heavy atom. The Balaban J connectivity index is 2.46. The third-order valence-corrected chi connectivity index (χ3v) is 3.49. The van der Waals surface area contributed by atoms with Gasteiger partial charge in [-0.05, 0) is 27.7 Å². The first-order valence-electron chi connectivity index (χ1n) is 6.09. The zero-order valence-electron chi connectivity index (χ0n) is 11.2. The van der Waals surface area contributed by atoms with Crippen molar-refractivity contribution in [2.24, 2.45) is 0 Å². The Kier molecular flexibility index (Phi) is 5.36. The summed E-state index contributed by atoms with van der Waals surface area (Å²) in [7, 11) is 0. The second kappa shape index (κ2) is 6.33. The summed E-state index contributed by atoms with van der Waals surface area (Å²) < 4.78 is 0. The molecule has 1 aromatic rings. The number of hydrogen-bond acceptors (Lipinski definition) is 5.